The van der Waals surface area contributed by atoms with E-state index in [1.165, 1.54) is 0 Å². The van der Waals surface area contributed by atoms with Gasteiger partial charge in [0.2, 0.25) is 0 Å². The summed E-state index contributed by atoms with van der Waals surface area (Å²) >= 11 is 0. The van der Waals surface area contributed by atoms with E-state index in [1.54, 1.807) is 6.07 Å². The van der Waals surface area contributed by atoms with E-state index in [9.17, 15) is 9.90 Å². The largest absolute Gasteiger partial charge is 0.508 e. The van der Waals surface area contributed by atoms with Crippen LogP contribution in [-0.2, 0) is 5.41 Å². The van der Waals surface area contributed by atoms with E-state index in [1.807, 2.05) is 79.4 Å². The van der Waals surface area contributed by atoms with E-state index in [0.29, 0.717) is 5.56 Å². The number of amides is 1. The summed E-state index contributed by atoms with van der Waals surface area (Å²) in [5.74, 6) is 0.167. The van der Waals surface area contributed by atoms with Gasteiger partial charge in [0, 0.05) is 22.2 Å². The Hall–Kier alpha value is -3.59. The number of aromatic hydroxyl groups is 1. The third-order valence-corrected chi connectivity index (χ3v) is 6.71. The maximum atomic E-state index is 14.1. The van der Waals surface area contributed by atoms with Gasteiger partial charge in [-0.3, -0.25) is 9.69 Å². The third kappa shape index (κ3) is 3.00. The molecule has 1 atom stereocenters. The van der Waals surface area contributed by atoms with Crippen LogP contribution in [-0.4, -0.2) is 11.0 Å². The van der Waals surface area contributed by atoms with Gasteiger partial charge in [0.15, 0.2) is 0 Å². The van der Waals surface area contributed by atoms with Crippen molar-refractivity contribution in [3.63, 3.8) is 0 Å². The number of hydrogen-bond donors (Lipinski definition) is 1. The summed E-state index contributed by atoms with van der Waals surface area (Å²) in [6.45, 7) is 8.35. The number of benzene rings is 4. The molecular weight excluding hydrogens is 394 g/mol. The zero-order valence-electron chi connectivity index (χ0n) is 18.9. The van der Waals surface area contributed by atoms with Gasteiger partial charge in [-0.2, -0.15) is 0 Å². The number of hydrogen-bond acceptors (Lipinski definition) is 2. The van der Waals surface area contributed by atoms with Gasteiger partial charge in [-0.05, 0) is 54.4 Å². The van der Waals surface area contributed by atoms with Crippen molar-refractivity contribution in [2.45, 2.75) is 39.2 Å². The molecule has 0 saturated carbocycles. The molecule has 0 unspecified atom stereocenters. The average molecular weight is 422 g/mol. The number of nitrogens with zero attached hydrogens (tertiary/aromatic N) is 1. The summed E-state index contributed by atoms with van der Waals surface area (Å²) in [6.07, 6.45) is 0. The molecule has 1 heterocycles. The molecular formula is C29H27NO2. The first kappa shape index (κ1) is 20.3. The average Bonchev–Trinajstić information content (AvgIpc) is 3.00. The number of para-hydroxylation sites is 1. The molecule has 1 N–H and O–H groups in total. The van der Waals surface area contributed by atoms with Crippen molar-refractivity contribution < 1.29 is 9.90 Å². The van der Waals surface area contributed by atoms with Crippen molar-refractivity contribution in [3.05, 3.63) is 107 Å². The molecule has 160 valence electrons. The van der Waals surface area contributed by atoms with E-state index < -0.39 is 5.41 Å². The van der Waals surface area contributed by atoms with Crippen LogP contribution in [0.25, 0.3) is 10.8 Å². The van der Waals surface area contributed by atoms with Crippen LogP contribution in [0.15, 0.2) is 78.9 Å². The van der Waals surface area contributed by atoms with E-state index in [-0.39, 0.29) is 17.7 Å². The highest BCUT2D eigenvalue weighted by atomic mass is 16.3. The van der Waals surface area contributed by atoms with Gasteiger partial charge < -0.3 is 5.11 Å². The fourth-order valence-electron chi connectivity index (χ4n) is 5.36. The molecule has 0 aliphatic carbocycles. The molecule has 0 fully saturated rings. The predicted molar refractivity (Wildman–Crippen MR) is 131 cm³/mol. The van der Waals surface area contributed by atoms with Crippen LogP contribution < -0.4 is 4.90 Å². The number of anilines is 1. The second-order valence-electron chi connectivity index (χ2n) is 9.41. The summed E-state index contributed by atoms with van der Waals surface area (Å²) in [5, 5.41) is 13.1. The van der Waals surface area contributed by atoms with Gasteiger partial charge in [-0.1, -0.05) is 79.6 Å². The number of rotatable bonds is 2. The standard InChI is InChI=1S/C29H27NO2/c1-18-15-19(2)17-21(16-18)28(32)30-24-12-8-7-11-23(24)29(3,4)27(30)26-22-10-6-5-9-20(22)13-14-25(26)31/h5-17,27,31H,1-4H3/t27-/m0/s1. The van der Waals surface area contributed by atoms with Gasteiger partial charge in [0.1, 0.15) is 5.75 Å². The summed E-state index contributed by atoms with van der Waals surface area (Å²) in [4.78, 5) is 16.0. The maximum absolute atomic E-state index is 14.1. The van der Waals surface area contributed by atoms with Crippen LogP contribution in [0.3, 0.4) is 0 Å². The van der Waals surface area contributed by atoms with Gasteiger partial charge in [-0.25, -0.2) is 0 Å². The lowest BCUT2D eigenvalue weighted by atomic mass is 9.76. The molecule has 1 amide bonds. The first-order chi connectivity index (χ1) is 15.3. The second kappa shape index (κ2) is 7.23. The van der Waals surface area contributed by atoms with Gasteiger partial charge in [-0.15, -0.1) is 0 Å². The minimum atomic E-state index is -0.396. The number of carbonyl (C=O) groups excluding carboxylic acids is 1. The van der Waals surface area contributed by atoms with Crippen LogP contribution >= 0.6 is 0 Å². The third-order valence-electron chi connectivity index (χ3n) is 6.71. The molecule has 4 aromatic rings. The van der Waals surface area contributed by atoms with Crippen molar-refractivity contribution in [1.29, 1.82) is 0 Å². The van der Waals surface area contributed by atoms with E-state index >= 15 is 0 Å². The number of fused-ring (bicyclic) bond motifs is 2. The van der Waals surface area contributed by atoms with Crippen molar-refractivity contribution >= 4 is 22.4 Å². The quantitative estimate of drug-likeness (QED) is 0.385. The molecule has 3 heteroatoms. The molecule has 0 spiro atoms. The summed E-state index contributed by atoms with van der Waals surface area (Å²) in [5.41, 5.74) is 5.19. The van der Waals surface area contributed by atoms with Crippen molar-refractivity contribution in [3.8, 4) is 5.75 Å². The smallest absolute Gasteiger partial charge is 0.258 e. The molecule has 5 rings (SSSR count). The summed E-state index contributed by atoms with van der Waals surface area (Å²) < 4.78 is 0. The zero-order valence-corrected chi connectivity index (χ0v) is 18.9. The van der Waals surface area contributed by atoms with Gasteiger partial charge in [0.25, 0.3) is 5.91 Å². The Morgan fingerprint density at radius 2 is 1.53 bits per heavy atom. The molecule has 1 aliphatic heterocycles. The monoisotopic (exact) mass is 421 g/mol. The summed E-state index contributed by atoms with van der Waals surface area (Å²) in [7, 11) is 0. The zero-order chi connectivity index (χ0) is 22.6. The van der Waals surface area contributed by atoms with Crippen LogP contribution in [0, 0.1) is 13.8 Å². The van der Waals surface area contributed by atoms with Gasteiger partial charge in [0.05, 0.1) is 6.04 Å². The molecule has 0 bridgehead atoms. The molecule has 3 nitrogen and oxygen atoms in total. The normalized spacial score (nSPS) is 16.9. The molecule has 1 aliphatic rings. The topological polar surface area (TPSA) is 40.5 Å². The van der Waals surface area contributed by atoms with Crippen LogP contribution in [0.5, 0.6) is 5.75 Å². The maximum Gasteiger partial charge on any atom is 0.258 e. The van der Waals surface area contributed by atoms with Gasteiger partial charge >= 0.3 is 0 Å². The Kier molecular flexibility index (Phi) is 4.59. The lowest BCUT2D eigenvalue weighted by Gasteiger charge is -2.35. The highest BCUT2D eigenvalue weighted by molar-refractivity contribution is 6.09. The van der Waals surface area contributed by atoms with E-state index in [0.717, 1.165) is 38.7 Å². The molecule has 4 aromatic carbocycles. The number of carbonyl (C=O) groups is 1. The van der Waals surface area contributed by atoms with Crippen LogP contribution in [0.4, 0.5) is 5.69 Å². The lowest BCUT2D eigenvalue weighted by Crippen LogP contribution is -2.38. The summed E-state index contributed by atoms with van der Waals surface area (Å²) in [6, 6.07) is 25.5. The predicted octanol–water partition coefficient (Wildman–Crippen LogP) is 6.84. The lowest BCUT2D eigenvalue weighted by molar-refractivity contribution is 0.0971. The Balaban J connectivity index is 1.80. The Morgan fingerprint density at radius 1 is 0.875 bits per heavy atom. The first-order valence-corrected chi connectivity index (χ1v) is 11.0. The first-order valence-electron chi connectivity index (χ1n) is 11.0. The highest BCUT2D eigenvalue weighted by Crippen LogP contribution is 2.55. The Labute approximate surface area is 188 Å². The van der Waals surface area contributed by atoms with E-state index in [4.69, 9.17) is 0 Å². The van der Waals surface area contributed by atoms with Crippen LogP contribution in [0.2, 0.25) is 0 Å². The molecule has 0 radical (unpaired) electrons. The molecule has 0 aromatic heterocycles. The molecule has 0 saturated heterocycles. The van der Waals surface area contributed by atoms with Crippen LogP contribution in [0.1, 0.15) is 52.5 Å². The van der Waals surface area contributed by atoms with E-state index in [2.05, 4.69) is 26.0 Å². The number of phenolic OH excluding ortho intramolecular Hbond substituents is 1. The minimum absolute atomic E-state index is 0.0489. The number of phenols is 1. The van der Waals surface area contributed by atoms with Crippen molar-refractivity contribution in [1.82, 2.24) is 0 Å². The second-order valence-corrected chi connectivity index (χ2v) is 9.41. The minimum Gasteiger partial charge on any atom is -0.508 e. The SMILES string of the molecule is Cc1cc(C)cc(C(=O)N2c3ccccc3C(C)(C)[C@@H]2c2c(O)ccc3ccccc23)c1. The number of aryl methyl sites for hydroxylation is 2. The Bertz CT molecular complexity index is 1350. The highest BCUT2D eigenvalue weighted by Gasteiger charge is 2.49. The van der Waals surface area contributed by atoms with Crippen molar-refractivity contribution in [2.75, 3.05) is 4.90 Å². The fourth-order valence-corrected chi connectivity index (χ4v) is 5.36. The Morgan fingerprint density at radius 3 is 2.28 bits per heavy atom. The fraction of sp³-hybridized carbons (Fsp3) is 0.207. The molecule has 32 heavy (non-hydrogen) atoms. The van der Waals surface area contributed by atoms with Crippen molar-refractivity contribution in [2.24, 2.45) is 0 Å².